The van der Waals surface area contributed by atoms with Crippen LogP contribution in [-0.4, -0.2) is 55.5 Å². The fraction of sp³-hybridized carbons (Fsp3) is 0.786. The molecule has 0 aromatic carbocycles. The molecule has 0 saturated carbocycles. The van der Waals surface area contributed by atoms with Crippen molar-refractivity contribution in [2.24, 2.45) is 17.6 Å². The number of likely N-dealkylation sites (tertiary alicyclic amines) is 1. The molecular formula is C14H25N3O. The molecule has 0 radical (unpaired) electrons. The van der Waals surface area contributed by atoms with E-state index in [4.69, 9.17) is 5.73 Å². The number of hydrogen-bond acceptors (Lipinski definition) is 3. The van der Waals surface area contributed by atoms with Crippen LogP contribution in [0.4, 0.5) is 0 Å². The van der Waals surface area contributed by atoms with Crippen LogP contribution in [0.25, 0.3) is 0 Å². The largest absolute Gasteiger partial charge is 0.342 e. The second-order valence-corrected chi connectivity index (χ2v) is 5.92. The van der Waals surface area contributed by atoms with Crippen LogP contribution in [0.3, 0.4) is 0 Å². The zero-order chi connectivity index (χ0) is 13.1. The van der Waals surface area contributed by atoms with Crippen LogP contribution < -0.4 is 5.73 Å². The third-order valence-corrected chi connectivity index (χ3v) is 3.98. The summed E-state index contributed by atoms with van der Waals surface area (Å²) < 4.78 is 0. The lowest BCUT2D eigenvalue weighted by molar-refractivity contribution is -0.135. The van der Waals surface area contributed by atoms with Crippen molar-refractivity contribution in [3.05, 3.63) is 12.2 Å². The molecule has 0 aromatic rings. The molecule has 1 amide bonds. The number of nitrogens with two attached hydrogens (primary N) is 1. The smallest absolute Gasteiger partial charge is 0.229 e. The lowest BCUT2D eigenvalue weighted by Crippen LogP contribution is -2.43. The van der Waals surface area contributed by atoms with E-state index in [0.29, 0.717) is 0 Å². The molecule has 0 spiro atoms. The van der Waals surface area contributed by atoms with E-state index in [1.54, 1.807) is 0 Å². The summed E-state index contributed by atoms with van der Waals surface area (Å²) in [4.78, 5) is 16.5. The molecule has 2 atom stereocenters. The first-order valence-corrected chi connectivity index (χ1v) is 6.93. The molecule has 2 N–H and O–H groups in total. The van der Waals surface area contributed by atoms with E-state index in [-0.39, 0.29) is 17.9 Å². The Kier molecular flexibility index (Phi) is 4.40. The van der Waals surface area contributed by atoms with Gasteiger partial charge in [-0.3, -0.25) is 4.79 Å². The van der Waals surface area contributed by atoms with Crippen molar-refractivity contribution in [2.75, 3.05) is 33.7 Å². The van der Waals surface area contributed by atoms with E-state index < -0.39 is 0 Å². The van der Waals surface area contributed by atoms with Crippen molar-refractivity contribution in [1.29, 1.82) is 0 Å². The average molecular weight is 251 g/mol. The fourth-order valence-corrected chi connectivity index (χ4v) is 3.00. The van der Waals surface area contributed by atoms with Crippen LogP contribution in [-0.2, 0) is 4.79 Å². The Labute approximate surface area is 110 Å². The summed E-state index contributed by atoms with van der Waals surface area (Å²) in [5.41, 5.74) is 5.81. The van der Waals surface area contributed by atoms with E-state index in [1.807, 2.05) is 17.1 Å². The van der Waals surface area contributed by atoms with Gasteiger partial charge in [-0.05, 0) is 39.3 Å². The van der Waals surface area contributed by atoms with E-state index in [9.17, 15) is 4.79 Å². The number of carbonyl (C=O) groups is 1. The molecule has 1 heterocycles. The van der Waals surface area contributed by atoms with Gasteiger partial charge in [-0.15, -0.1) is 0 Å². The van der Waals surface area contributed by atoms with Gasteiger partial charge in [0.25, 0.3) is 0 Å². The maximum absolute atomic E-state index is 12.3. The van der Waals surface area contributed by atoms with Gasteiger partial charge < -0.3 is 15.5 Å². The molecule has 2 unspecified atom stereocenters. The Balaban J connectivity index is 1.79. The van der Waals surface area contributed by atoms with Crippen molar-refractivity contribution in [2.45, 2.75) is 25.3 Å². The predicted molar refractivity (Wildman–Crippen MR) is 73.1 cm³/mol. The summed E-state index contributed by atoms with van der Waals surface area (Å²) in [7, 11) is 4.23. The molecule has 1 aliphatic heterocycles. The number of piperidine rings is 1. The van der Waals surface area contributed by atoms with Gasteiger partial charge in [-0.25, -0.2) is 0 Å². The predicted octanol–water partition coefficient (Wildman–Crippen LogP) is 0.690. The van der Waals surface area contributed by atoms with Gasteiger partial charge in [0.05, 0.1) is 5.92 Å². The minimum Gasteiger partial charge on any atom is -0.342 e. The van der Waals surface area contributed by atoms with Gasteiger partial charge in [0, 0.05) is 25.7 Å². The second-order valence-electron chi connectivity index (χ2n) is 5.92. The topological polar surface area (TPSA) is 49.6 Å². The van der Waals surface area contributed by atoms with Crippen molar-refractivity contribution in [1.82, 2.24) is 9.80 Å². The molecule has 1 aliphatic carbocycles. The molecule has 1 saturated heterocycles. The van der Waals surface area contributed by atoms with E-state index >= 15 is 0 Å². The van der Waals surface area contributed by atoms with Gasteiger partial charge in [0.1, 0.15) is 0 Å². The zero-order valence-corrected chi connectivity index (χ0v) is 11.5. The number of hydrogen-bond donors (Lipinski definition) is 1. The average Bonchev–Trinajstić information content (AvgIpc) is 2.75. The summed E-state index contributed by atoms with van der Waals surface area (Å²) in [5, 5.41) is 0. The van der Waals surface area contributed by atoms with Gasteiger partial charge >= 0.3 is 0 Å². The van der Waals surface area contributed by atoms with Gasteiger partial charge in [-0.1, -0.05) is 12.2 Å². The van der Waals surface area contributed by atoms with E-state index in [1.165, 1.54) is 0 Å². The quantitative estimate of drug-likeness (QED) is 0.751. The number of carbonyl (C=O) groups excluding carboxylic acids is 1. The van der Waals surface area contributed by atoms with Gasteiger partial charge in [0.2, 0.25) is 5.91 Å². The minimum atomic E-state index is 0.0328. The first-order valence-electron chi connectivity index (χ1n) is 6.93. The van der Waals surface area contributed by atoms with Crippen molar-refractivity contribution in [3.8, 4) is 0 Å². The lowest BCUT2D eigenvalue weighted by atomic mass is 9.95. The normalized spacial score (nSPS) is 29.2. The molecule has 1 fully saturated rings. The molecule has 102 valence electrons. The van der Waals surface area contributed by atoms with Crippen LogP contribution in [0, 0.1) is 11.8 Å². The minimum absolute atomic E-state index is 0.0328. The molecule has 4 nitrogen and oxygen atoms in total. The third-order valence-electron chi connectivity index (χ3n) is 3.98. The van der Waals surface area contributed by atoms with Crippen LogP contribution in [0.1, 0.15) is 19.3 Å². The number of amides is 1. The summed E-state index contributed by atoms with van der Waals surface area (Å²) in [6.07, 6.45) is 7.00. The molecule has 0 aromatic heterocycles. The third kappa shape index (κ3) is 3.33. The first-order chi connectivity index (χ1) is 8.56. The SMILES string of the molecule is CN(C)CC1CCN(C(=O)C2C=CC(N)C2)CC1. The summed E-state index contributed by atoms with van der Waals surface area (Å²) >= 11 is 0. The Morgan fingerprint density at radius 2 is 2.00 bits per heavy atom. The van der Waals surface area contributed by atoms with Crippen LogP contribution in [0.2, 0.25) is 0 Å². The van der Waals surface area contributed by atoms with Crippen molar-refractivity contribution >= 4 is 5.91 Å². The second kappa shape index (κ2) is 5.85. The highest BCUT2D eigenvalue weighted by Gasteiger charge is 2.29. The number of nitrogens with zero attached hydrogens (tertiary/aromatic N) is 2. The Morgan fingerprint density at radius 3 is 2.50 bits per heavy atom. The molecule has 18 heavy (non-hydrogen) atoms. The van der Waals surface area contributed by atoms with Crippen molar-refractivity contribution < 1.29 is 4.79 Å². The standard InChI is InChI=1S/C14H25N3O/c1-16(2)10-11-5-7-17(8-6-11)14(18)12-3-4-13(15)9-12/h3-4,11-13H,5-10,15H2,1-2H3. The Hall–Kier alpha value is -0.870. The highest BCUT2D eigenvalue weighted by molar-refractivity contribution is 5.81. The maximum Gasteiger partial charge on any atom is 0.229 e. The molecule has 2 aliphatic rings. The molecule has 0 bridgehead atoms. The van der Waals surface area contributed by atoms with Crippen LogP contribution in [0.5, 0.6) is 0 Å². The van der Waals surface area contributed by atoms with Crippen LogP contribution in [0.15, 0.2) is 12.2 Å². The number of rotatable bonds is 3. The van der Waals surface area contributed by atoms with Gasteiger partial charge in [-0.2, -0.15) is 0 Å². The monoisotopic (exact) mass is 251 g/mol. The van der Waals surface area contributed by atoms with E-state index in [0.717, 1.165) is 44.8 Å². The fourth-order valence-electron chi connectivity index (χ4n) is 3.00. The first kappa shape index (κ1) is 13.6. The summed E-state index contributed by atoms with van der Waals surface area (Å²) in [6.45, 7) is 2.96. The summed E-state index contributed by atoms with van der Waals surface area (Å²) in [6, 6.07) is 0.0743. The van der Waals surface area contributed by atoms with Crippen LogP contribution >= 0.6 is 0 Å². The summed E-state index contributed by atoms with van der Waals surface area (Å²) in [5.74, 6) is 1.05. The Bertz CT molecular complexity index is 319. The highest BCUT2D eigenvalue weighted by atomic mass is 16.2. The lowest BCUT2D eigenvalue weighted by Gasteiger charge is -2.34. The molecular weight excluding hydrogens is 226 g/mol. The van der Waals surface area contributed by atoms with Gasteiger partial charge in [0.15, 0.2) is 0 Å². The Morgan fingerprint density at radius 1 is 1.33 bits per heavy atom. The highest BCUT2D eigenvalue weighted by Crippen LogP contribution is 2.23. The maximum atomic E-state index is 12.3. The zero-order valence-electron chi connectivity index (χ0n) is 11.5. The van der Waals surface area contributed by atoms with E-state index in [2.05, 4.69) is 19.0 Å². The van der Waals surface area contributed by atoms with Crippen molar-refractivity contribution in [3.63, 3.8) is 0 Å². The molecule has 2 rings (SSSR count). The molecule has 4 heteroatoms.